The van der Waals surface area contributed by atoms with E-state index < -0.39 is 11.6 Å². The smallest absolute Gasteiger partial charge is 0.251 e. The van der Waals surface area contributed by atoms with E-state index in [-0.39, 0.29) is 29.7 Å². The Bertz CT molecular complexity index is 1720. The fourth-order valence-electron chi connectivity index (χ4n) is 4.77. The fraction of sp³-hybridized carbons (Fsp3) is 0.265. The molecule has 0 radical (unpaired) electrons. The third-order valence-electron chi connectivity index (χ3n) is 7.02. The normalized spacial score (nSPS) is 12.0. The number of carbonyl (C=O) groups is 2. The van der Waals surface area contributed by atoms with Gasteiger partial charge in [-0.1, -0.05) is 23.7 Å². The van der Waals surface area contributed by atoms with Crippen molar-refractivity contribution in [3.05, 3.63) is 106 Å². The zero-order chi connectivity index (χ0) is 33.0. The van der Waals surface area contributed by atoms with E-state index in [1.54, 1.807) is 48.7 Å². The zero-order valence-corrected chi connectivity index (χ0v) is 26.1. The van der Waals surface area contributed by atoms with Crippen LogP contribution in [0.2, 0.25) is 5.02 Å². The molecule has 10 nitrogen and oxygen atoms in total. The molecule has 0 aliphatic carbocycles. The van der Waals surface area contributed by atoms with Crippen LogP contribution in [0.1, 0.15) is 33.5 Å². The van der Waals surface area contributed by atoms with Gasteiger partial charge in [-0.2, -0.15) is 0 Å². The maximum atomic E-state index is 14.8. The Kier molecular flexibility index (Phi) is 12.1. The van der Waals surface area contributed by atoms with Crippen LogP contribution in [-0.4, -0.2) is 74.1 Å². The first kappa shape index (κ1) is 33.7. The number of ether oxygens (including phenoxy) is 3. The summed E-state index contributed by atoms with van der Waals surface area (Å²) in [5.74, 6) is -1.42. The van der Waals surface area contributed by atoms with E-state index in [4.69, 9.17) is 30.8 Å². The highest BCUT2D eigenvalue weighted by Gasteiger charge is 2.25. The SMILES string of the molecule is O=CCCOCCOCCOCCNC(=O)c1ccc(Nc2ncc3c(n2)-c2ccc(Cl)cc2C(c2c(F)cccc2F)=NC3)cc1. The minimum absolute atomic E-state index is 0.104. The number of nitrogens with one attached hydrogen (secondary N) is 2. The van der Waals surface area contributed by atoms with Gasteiger partial charge in [0.25, 0.3) is 5.91 Å². The van der Waals surface area contributed by atoms with Crippen LogP contribution >= 0.6 is 11.6 Å². The molecule has 0 fully saturated rings. The molecule has 4 aromatic rings. The van der Waals surface area contributed by atoms with Crippen molar-refractivity contribution in [1.82, 2.24) is 15.3 Å². The van der Waals surface area contributed by atoms with E-state index in [1.165, 1.54) is 18.2 Å². The fourth-order valence-corrected chi connectivity index (χ4v) is 4.94. The Balaban J connectivity index is 1.16. The predicted molar refractivity (Wildman–Crippen MR) is 173 cm³/mol. The van der Waals surface area contributed by atoms with Gasteiger partial charge >= 0.3 is 0 Å². The van der Waals surface area contributed by atoms with Gasteiger partial charge in [-0.25, -0.2) is 18.7 Å². The summed E-state index contributed by atoms with van der Waals surface area (Å²) in [6.07, 6.45) is 2.80. The van der Waals surface area contributed by atoms with Crippen molar-refractivity contribution in [1.29, 1.82) is 0 Å². The maximum absolute atomic E-state index is 14.8. The lowest BCUT2D eigenvalue weighted by Gasteiger charge is -2.13. The Morgan fingerprint density at radius 1 is 0.894 bits per heavy atom. The number of nitrogens with zero attached hydrogens (tertiary/aromatic N) is 3. The highest BCUT2D eigenvalue weighted by molar-refractivity contribution is 6.31. The third-order valence-corrected chi connectivity index (χ3v) is 7.26. The number of amides is 1. The lowest BCUT2D eigenvalue weighted by atomic mass is 9.95. The van der Waals surface area contributed by atoms with Crippen LogP contribution < -0.4 is 10.6 Å². The maximum Gasteiger partial charge on any atom is 0.251 e. The Morgan fingerprint density at radius 2 is 1.60 bits per heavy atom. The quantitative estimate of drug-likeness (QED) is 0.118. The van der Waals surface area contributed by atoms with Crippen molar-refractivity contribution in [3.63, 3.8) is 0 Å². The van der Waals surface area contributed by atoms with E-state index in [0.29, 0.717) is 91.3 Å². The lowest BCUT2D eigenvalue weighted by molar-refractivity contribution is -0.108. The number of hydrogen-bond donors (Lipinski definition) is 2. The molecule has 1 aliphatic rings. The summed E-state index contributed by atoms with van der Waals surface area (Å²) in [7, 11) is 0. The topological polar surface area (TPSA) is 124 Å². The first-order valence-electron chi connectivity index (χ1n) is 14.9. The van der Waals surface area contributed by atoms with Crippen LogP contribution in [0.15, 0.2) is 71.9 Å². The number of anilines is 2. The zero-order valence-electron chi connectivity index (χ0n) is 25.3. The van der Waals surface area contributed by atoms with Gasteiger partial charge in [-0.15, -0.1) is 0 Å². The molecule has 1 aromatic heterocycles. The number of rotatable bonds is 16. The van der Waals surface area contributed by atoms with Gasteiger partial charge in [0.1, 0.15) is 17.9 Å². The standard InChI is InChI=1S/C34H32ClF2N5O5/c35-24-7-10-26-27(19-24)32(30-28(36)3-1-4-29(30)37)39-20-23-21-40-34(42-31(23)26)41-25-8-5-22(6-9-25)33(44)38-11-14-46-16-18-47-17-15-45-13-2-12-43/h1,3-10,12,19,21H,2,11,13-18,20H2,(H,38,44)(H,40,41,42). The Hall–Kier alpha value is -4.62. The average Bonchev–Trinajstić information content (AvgIpc) is 3.22. The largest absolute Gasteiger partial charge is 0.379 e. The molecule has 47 heavy (non-hydrogen) atoms. The number of fused-ring (bicyclic) bond motifs is 3. The highest BCUT2D eigenvalue weighted by atomic mass is 35.5. The van der Waals surface area contributed by atoms with Crippen molar-refractivity contribution < 1.29 is 32.6 Å². The van der Waals surface area contributed by atoms with Gasteiger partial charge in [0.15, 0.2) is 0 Å². The summed E-state index contributed by atoms with van der Waals surface area (Å²) in [5.41, 5.74) is 3.30. The van der Waals surface area contributed by atoms with Gasteiger partial charge in [0, 0.05) is 52.1 Å². The molecule has 0 unspecified atom stereocenters. The molecule has 2 heterocycles. The molecule has 0 saturated heterocycles. The van der Waals surface area contributed by atoms with Crippen LogP contribution in [0.5, 0.6) is 0 Å². The predicted octanol–water partition coefficient (Wildman–Crippen LogP) is 5.54. The van der Waals surface area contributed by atoms with Crippen molar-refractivity contribution >= 4 is 41.1 Å². The van der Waals surface area contributed by atoms with Gasteiger partial charge in [-0.3, -0.25) is 9.79 Å². The van der Waals surface area contributed by atoms with Gasteiger partial charge < -0.3 is 29.6 Å². The molecule has 0 bridgehead atoms. The van der Waals surface area contributed by atoms with Crippen molar-refractivity contribution in [2.24, 2.45) is 4.99 Å². The van der Waals surface area contributed by atoms with Crippen LogP contribution in [-0.2, 0) is 25.5 Å². The summed E-state index contributed by atoms with van der Waals surface area (Å²) in [4.78, 5) is 36.5. The molecule has 13 heteroatoms. The molecule has 1 aliphatic heterocycles. The van der Waals surface area contributed by atoms with E-state index in [2.05, 4.69) is 20.6 Å². The second-order valence-corrected chi connectivity index (χ2v) is 10.7. The molecule has 3 aromatic carbocycles. The number of hydrogen-bond acceptors (Lipinski definition) is 9. The highest BCUT2D eigenvalue weighted by Crippen LogP contribution is 2.34. The molecular weight excluding hydrogens is 632 g/mol. The van der Waals surface area contributed by atoms with E-state index in [0.717, 1.165) is 6.29 Å². The Labute approximate surface area is 275 Å². The molecule has 0 atom stereocenters. The first-order chi connectivity index (χ1) is 22.9. The molecule has 0 saturated carbocycles. The number of aldehydes is 1. The van der Waals surface area contributed by atoms with Crippen LogP contribution in [0.4, 0.5) is 20.4 Å². The van der Waals surface area contributed by atoms with Crippen molar-refractivity contribution in [2.45, 2.75) is 13.0 Å². The van der Waals surface area contributed by atoms with Crippen LogP contribution in [0.3, 0.4) is 0 Å². The van der Waals surface area contributed by atoms with Crippen LogP contribution in [0, 0.1) is 11.6 Å². The molecule has 2 N–H and O–H groups in total. The number of benzene rings is 3. The lowest BCUT2D eigenvalue weighted by Crippen LogP contribution is -2.27. The van der Waals surface area contributed by atoms with Gasteiger partial charge in [-0.05, 0) is 48.5 Å². The molecule has 5 rings (SSSR count). The van der Waals surface area contributed by atoms with E-state index in [1.807, 2.05) is 0 Å². The number of carbonyl (C=O) groups excluding carboxylic acids is 2. The molecule has 1 amide bonds. The average molecular weight is 664 g/mol. The van der Waals surface area contributed by atoms with Gasteiger partial charge in [0.05, 0.1) is 63.2 Å². The first-order valence-corrected chi connectivity index (χ1v) is 15.3. The minimum atomic E-state index is -0.729. The second-order valence-electron chi connectivity index (χ2n) is 10.3. The van der Waals surface area contributed by atoms with E-state index in [9.17, 15) is 18.4 Å². The number of aromatic nitrogens is 2. The second kappa shape index (κ2) is 16.8. The number of aliphatic imine (C=N–C) groups is 1. The summed E-state index contributed by atoms with van der Waals surface area (Å²) in [6.45, 7) is 2.77. The third kappa shape index (κ3) is 9.01. The minimum Gasteiger partial charge on any atom is -0.379 e. The summed E-state index contributed by atoms with van der Waals surface area (Å²) in [5, 5.41) is 6.34. The van der Waals surface area contributed by atoms with Crippen molar-refractivity contribution in [2.75, 3.05) is 51.5 Å². The molecule has 0 spiro atoms. The monoisotopic (exact) mass is 663 g/mol. The number of halogens is 3. The summed E-state index contributed by atoms with van der Waals surface area (Å²) in [6, 6.07) is 15.5. The summed E-state index contributed by atoms with van der Waals surface area (Å²) >= 11 is 6.30. The van der Waals surface area contributed by atoms with E-state index >= 15 is 0 Å². The molecule has 244 valence electrons. The van der Waals surface area contributed by atoms with Crippen molar-refractivity contribution in [3.8, 4) is 11.3 Å². The van der Waals surface area contributed by atoms with Gasteiger partial charge in [0.2, 0.25) is 5.95 Å². The molecular formula is C34H32ClF2N5O5. The summed E-state index contributed by atoms with van der Waals surface area (Å²) < 4.78 is 45.7. The Morgan fingerprint density at radius 3 is 2.32 bits per heavy atom. The van der Waals surface area contributed by atoms with Crippen LogP contribution in [0.25, 0.3) is 11.3 Å².